The molecular formula is C14H20BrNO2. The zero-order valence-corrected chi connectivity index (χ0v) is 12.5. The van der Waals surface area contributed by atoms with Crippen LogP contribution in [0.2, 0.25) is 0 Å². The molecule has 18 heavy (non-hydrogen) atoms. The van der Waals surface area contributed by atoms with Crippen molar-refractivity contribution in [2.45, 2.75) is 33.2 Å². The lowest BCUT2D eigenvalue weighted by Gasteiger charge is -2.27. The Morgan fingerprint density at radius 1 is 1.39 bits per heavy atom. The van der Waals surface area contributed by atoms with Crippen molar-refractivity contribution in [2.24, 2.45) is 5.41 Å². The van der Waals surface area contributed by atoms with Crippen molar-refractivity contribution in [1.82, 2.24) is 5.32 Å². The SMILES string of the molecule is CCC(CC)(CNCc1cccc(Br)c1)C(=O)O. The summed E-state index contributed by atoms with van der Waals surface area (Å²) in [4.78, 5) is 11.3. The van der Waals surface area contributed by atoms with E-state index < -0.39 is 11.4 Å². The lowest BCUT2D eigenvalue weighted by atomic mass is 9.82. The lowest BCUT2D eigenvalue weighted by molar-refractivity contribution is -0.149. The van der Waals surface area contributed by atoms with Crippen LogP contribution in [-0.2, 0) is 11.3 Å². The number of hydrogen-bond acceptors (Lipinski definition) is 2. The summed E-state index contributed by atoms with van der Waals surface area (Å²) in [7, 11) is 0. The van der Waals surface area contributed by atoms with Gasteiger partial charge in [0.25, 0.3) is 0 Å². The van der Waals surface area contributed by atoms with Crippen LogP contribution in [-0.4, -0.2) is 17.6 Å². The van der Waals surface area contributed by atoms with Gasteiger partial charge in [-0.25, -0.2) is 0 Å². The second-order valence-corrected chi connectivity index (χ2v) is 5.44. The predicted molar refractivity (Wildman–Crippen MR) is 76.5 cm³/mol. The topological polar surface area (TPSA) is 49.3 Å². The van der Waals surface area contributed by atoms with Gasteiger partial charge in [-0.05, 0) is 30.5 Å². The number of rotatable bonds is 7. The molecule has 1 aromatic rings. The molecule has 0 aromatic heterocycles. The van der Waals surface area contributed by atoms with Crippen molar-refractivity contribution in [3.8, 4) is 0 Å². The van der Waals surface area contributed by atoms with Gasteiger partial charge in [0, 0.05) is 17.6 Å². The molecule has 3 nitrogen and oxygen atoms in total. The second kappa shape index (κ2) is 6.90. The Morgan fingerprint density at radius 3 is 2.56 bits per heavy atom. The summed E-state index contributed by atoms with van der Waals surface area (Å²) in [6.45, 7) is 5.05. The Bertz CT molecular complexity index is 403. The van der Waals surface area contributed by atoms with Crippen molar-refractivity contribution >= 4 is 21.9 Å². The number of nitrogens with one attached hydrogen (secondary N) is 1. The fraction of sp³-hybridized carbons (Fsp3) is 0.500. The quantitative estimate of drug-likeness (QED) is 0.810. The van der Waals surface area contributed by atoms with Gasteiger partial charge in [0.2, 0.25) is 0 Å². The molecule has 1 rings (SSSR count). The van der Waals surface area contributed by atoms with Crippen molar-refractivity contribution in [2.75, 3.05) is 6.54 Å². The molecule has 0 saturated carbocycles. The van der Waals surface area contributed by atoms with Gasteiger partial charge in [-0.15, -0.1) is 0 Å². The number of halogens is 1. The van der Waals surface area contributed by atoms with Gasteiger partial charge in [-0.3, -0.25) is 4.79 Å². The largest absolute Gasteiger partial charge is 0.481 e. The fourth-order valence-electron chi connectivity index (χ4n) is 1.97. The summed E-state index contributed by atoms with van der Waals surface area (Å²) < 4.78 is 1.04. The number of benzene rings is 1. The maximum Gasteiger partial charge on any atom is 0.310 e. The summed E-state index contributed by atoms with van der Waals surface area (Å²) in [6, 6.07) is 8.01. The van der Waals surface area contributed by atoms with Gasteiger partial charge in [0.05, 0.1) is 5.41 Å². The normalized spacial score (nSPS) is 11.5. The minimum atomic E-state index is -0.714. The Hall–Kier alpha value is -0.870. The van der Waals surface area contributed by atoms with Gasteiger partial charge >= 0.3 is 5.97 Å². The first-order valence-electron chi connectivity index (χ1n) is 6.22. The number of carboxylic acid groups (broad SMARTS) is 1. The average Bonchev–Trinajstić information content (AvgIpc) is 2.35. The van der Waals surface area contributed by atoms with Gasteiger partial charge in [0.15, 0.2) is 0 Å². The Kier molecular flexibility index (Phi) is 5.82. The van der Waals surface area contributed by atoms with E-state index in [1.165, 1.54) is 0 Å². The highest BCUT2D eigenvalue weighted by atomic mass is 79.9. The zero-order chi connectivity index (χ0) is 13.6. The first kappa shape index (κ1) is 15.2. The maximum atomic E-state index is 11.3. The molecule has 2 N–H and O–H groups in total. The van der Waals surface area contributed by atoms with Crippen LogP contribution >= 0.6 is 15.9 Å². The third kappa shape index (κ3) is 3.82. The van der Waals surface area contributed by atoms with E-state index >= 15 is 0 Å². The minimum Gasteiger partial charge on any atom is -0.481 e. The molecule has 0 radical (unpaired) electrons. The summed E-state index contributed by atoms with van der Waals surface area (Å²) in [6.07, 6.45) is 1.29. The third-order valence-electron chi connectivity index (χ3n) is 3.49. The van der Waals surface area contributed by atoms with Crippen LogP contribution in [0.3, 0.4) is 0 Å². The van der Waals surface area contributed by atoms with Gasteiger partial charge in [-0.1, -0.05) is 41.9 Å². The van der Waals surface area contributed by atoms with Crippen molar-refractivity contribution < 1.29 is 9.90 Å². The third-order valence-corrected chi connectivity index (χ3v) is 3.98. The molecule has 0 aliphatic rings. The maximum absolute atomic E-state index is 11.3. The minimum absolute atomic E-state index is 0.502. The highest BCUT2D eigenvalue weighted by Gasteiger charge is 2.34. The molecule has 1 aromatic carbocycles. The number of carbonyl (C=O) groups is 1. The van der Waals surface area contributed by atoms with Crippen molar-refractivity contribution in [3.63, 3.8) is 0 Å². The fourth-order valence-corrected chi connectivity index (χ4v) is 2.42. The van der Waals surface area contributed by atoms with E-state index in [0.29, 0.717) is 25.9 Å². The first-order valence-corrected chi connectivity index (χ1v) is 7.02. The highest BCUT2D eigenvalue weighted by Crippen LogP contribution is 2.25. The van der Waals surface area contributed by atoms with Crippen LogP contribution in [0, 0.1) is 5.41 Å². The summed E-state index contributed by atoms with van der Waals surface area (Å²) in [5, 5.41) is 12.6. The first-order chi connectivity index (χ1) is 8.54. The van der Waals surface area contributed by atoms with Gasteiger partial charge < -0.3 is 10.4 Å². The van der Waals surface area contributed by atoms with E-state index in [-0.39, 0.29) is 0 Å². The van der Waals surface area contributed by atoms with Crippen LogP contribution in [0.5, 0.6) is 0 Å². The predicted octanol–water partition coefficient (Wildman–Crippen LogP) is 3.43. The molecule has 100 valence electrons. The van der Waals surface area contributed by atoms with Crippen LogP contribution in [0.25, 0.3) is 0 Å². The second-order valence-electron chi connectivity index (χ2n) is 4.53. The van der Waals surface area contributed by atoms with Crippen LogP contribution in [0.4, 0.5) is 0 Å². The molecular weight excluding hydrogens is 294 g/mol. The van der Waals surface area contributed by atoms with Crippen LogP contribution in [0.1, 0.15) is 32.3 Å². The highest BCUT2D eigenvalue weighted by molar-refractivity contribution is 9.10. The summed E-state index contributed by atoms with van der Waals surface area (Å²) in [5.74, 6) is -0.714. The number of carboxylic acids is 1. The van der Waals surface area contributed by atoms with Gasteiger partial charge in [-0.2, -0.15) is 0 Å². The lowest BCUT2D eigenvalue weighted by Crippen LogP contribution is -2.39. The van der Waals surface area contributed by atoms with Crippen molar-refractivity contribution in [1.29, 1.82) is 0 Å². The molecule has 0 atom stereocenters. The standard InChI is InChI=1S/C14H20BrNO2/c1-3-14(4-2,13(17)18)10-16-9-11-6-5-7-12(15)8-11/h5-8,16H,3-4,9-10H2,1-2H3,(H,17,18). The molecule has 0 aliphatic carbocycles. The smallest absolute Gasteiger partial charge is 0.310 e. The van der Waals surface area contributed by atoms with E-state index in [9.17, 15) is 9.90 Å². The van der Waals surface area contributed by atoms with E-state index in [2.05, 4.69) is 21.2 Å². The monoisotopic (exact) mass is 313 g/mol. The number of aliphatic carboxylic acids is 1. The Balaban J connectivity index is 2.57. The molecule has 0 fully saturated rings. The summed E-state index contributed by atoms with van der Waals surface area (Å²) >= 11 is 3.42. The van der Waals surface area contributed by atoms with Crippen LogP contribution < -0.4 is 5.32 Å². The molecule has 0 heterocycles. The zero-order valence-electron chi connectivity index (χ0n) is 10.9. The number of hydrogen-bond donors (Lipinski definition) is 2. The van der Waals surface area contributed by atoms with E-state index in [1.54, 1.807) is 0 Å². The average molecular weight is 314 g/mol. The van der Waals surface area contributed by atoms with Crippen LogP contribution in [0.15, 0.2) is 28.7 Å². The molecule has 0 amide bonds. The van der Waals surface area contributed by atoms with Gasteiger partial charge in [0.1, 0.15) is 0 Å². The molecule has 0 unspecified atom stereocenters. The molecule has 4 heteroatoms. The van der Waals surface area contributed by atoms with E-state index in [4.69, 9.17) is 0 Å². The molecule has 0 aliphatic heterocycles. The van der Waals surface area contributed by atoms with Crippen molar-refractivity contribution in [3.05, 3.63) is 34.3 Å². The van der Waals surface area contributed by atoms with E-state index in [1.807, 2.05) is 38.1 Å². The van der Waals surface area contributed by atoms with E-state index in [0.717, 1.165) is 10.0 Å². The molecule has 0 spiro atoms. The summed E-state index contributed by atoms with van der Waals surface area (Å²) in [5.41, 5.74) is 0.502. The molecule has 0 saturated heterocycles. The molecule has 0 bridgehead atoms. The Morgan fingerprint density at radius 2 is 2.06 bits per heavy atom. The Labute approximate surface area is 117 Å².